The van der Waals surface area contributed by atoms with Crippen molar-refractivity contribution >= 4 is 0 Å². The lowest BCUT2D eigenvalue weighted by Gasteiger charge is -2.33. The molecular weight excluding hydrogens is 256 g/mol. The van der Waals surface area contributed by atoms with Crippen LogP contribution in [0.5, 0.6) is 0 Å². The van der Waals surface area contributed by atoms with Crippen molar-refractivity contribution in [3.05, 3.63) is 0 Å². The van der Waals surface area contributed by atoms with Gasteiger partial charge in [-0.3, -0.25) is 0 Å². The van der Waals surface area contributed by atoms with Gasteiger partial charge in [0.1, 0.15) is 0 Å². The maximum absolute atomic E-state index is 3.65. The van der Waals surface area contributed by atoms with Crippen molar-refractivity contribution in [3.63, 3.8) is 0 Å². The molecule has 0 spiro atoms. The number of nitrogens with one attached hydrogen (secondary N) is 1. The van der Waals surface area contributed by atoms with Gasteiger partial charge in [-0.1, -0.05) is 78.1 Å². The minimum atomic E-state index is 0.756. The van der Waals surface area contributed by atoms with E-state index in [-0.39, 0.29) is 0 Å². The number of hydrogen-bond acceptors (Lipinski definition) is 2. The molecule has 2 nitrogen and oxygen atoms in total. The van der Waals surface area contributed by atoms with Crippen molar-refractivity contribution in [2.45, 2.75) is 96.9 Å². The van der Waals surface area contributed by atoms with E-state index >= 15 is 0 Å². The van der Waals surface area contributed by atoms with Crippen molar-refractivity contribution in [1.82, 2.24) is 10.2 Å². The first-order valence-corrected chi connectivity index (χ1v) is 9.82. The molecule has 0 bridgehead atoms. The Kier molecular flexibility index (Phi) is 12.3. The predicted octanol–water partition coefficient (Wildman–Crippen LogP) is 4.98. The average molecular weight is 297 g/mol. The molecule has 0 amide bonds. The number of hydrogen-bond donors (Lipinski definition) is 1. The summed E-state index contributed by atoms with van der Waals surface area (Å²) in [5.41, 5.74) is 0. The summed E-state index contributed by atoms with van der Waals surface area (Å²) >= 11 is 0. The molecule has 1 heterocycles. The van der Waals surface area contributed by atoms with E-state index in [1.165, 1.54) is 103 Å². The van der Waals surface area contributed by atoms with Crippen LogP contribution in [-0.2, 0) is 0 Å². The monoisotopic (exact) mass is 296 g/mol. The van der Waals surface area contributed by atoms with Gasteiger partial charge in [0, 0.05) is 25.7 Å². The molecule has 0 aromatic heterocycles. The van der Waals surface area contributed by atoms with Crippen LogP contribution < -0.4 is 5.32 Å². The second kappa shape index (κ2) is 13.6. The summed E-state index contributed by atoms with van der Waals surface area (Å²) in [6, 6.07) is 0.756. The molecule has 1 saturated heterocycles. The lowest BCUT2D eigenvalue weighted by atomic mass is 10.1. The second-order valence-electron chi connectivity index (χ2n) is 6.92. The summed E-state index contributed by atoms with van der Waals surface area (Å²) in [5.74, 6) is 0. The molecule has 2 heteroatoms. The Morgan fingerprint density at radius 2 is 1.43 bits per heavy atom. The van der Waals surface area contributed by atoms with Gasteiger partial charge in [0.15, 0.2) is 0 Å². The Labute approximate surface area is 134 Å². The molecular formula is C19H40N2. The summed E-state index contributed by atoms with van der Waals surface area (Å²) < 4.78 is 0. The molecule has 1 fully saturated rings. The smallest absolute Gasteiger partial charge is 0.0195 e. The maximum Gasteiger partial charge on any atom is 0.0195 e. The van der Waals surface area contributed by atoms with Gasteiger partial charge in [-0.15, -0.1) is 0 Å². The third-order valence-corrected chi connectivity index (χ3v) is 4.80. The van der Waals surface area contributed by atoms with Crippen LogP contribution in [0.2, 0.25) is 0 Å². The summed E-state index contributed by atoms with van der Waals surface area (Å²) in [7, 11) is 0. The van der Waals surface area contributed by atoms with E-state index in [1.807, 2.05) is 0 Å². The van der Waals surface area contributed by atoms with Crippen LogP contribution in [-0.4, -0.2) is 37.1 Å². The van der Waals surface area contributed by atoms with Gasteiger partial charge < -0.3 is 10.2 Å². The number of unbranched alkanes of at least 4 members (excludes halogenated alkanes) is 9. The second-order valence-corrected chi connectivity index (χ2v) is 6.92. The molecule has 0 aromatic carbocycles. The SMILES string of the molecule is CCCCCCCCCCCCN1CCNC(CCC)C1. The molecule has 0 radical (unpaired) electrons. The van der Waals surface area contributed by atoms with Crippen molar-refractivity contribution < 1.29 is 0 Å². The van der Waals surface area contributed by atoms with Gasteiger partial charge in [0.25, 0.3) is 0 Å². The normalized spacial score (nSPS) is 20.0. The molecule has 1 N–H and O–H groups in total. The van der Waals surface area contributed by atoms with Crippen LogP contribution in [0.15, 0.2) is 0 Å². The highest BCUT2D eigenvalue weighted by Crippen LogP contribution is 2.11. The summed E-state index contributed by atoms with van der Waals surface area (Å²) in [6.07, 6.45) is 17.1. The molecule has 126 valence electrons. The summed E-state index contributed by atoms with van der Waals surface area (Å²) in [4.78, 5) is 2.68. The van der Waals surface area contributed by atoms with Crippen LogP contribution in [0.4, 0.5) is 0 Å². The number of rotatable bonds is 13. The fourth-order valence-corrected chi connectivity index (χ4v) is 3.46. The molecule has 1 aliphatic heterocycles. The first-order chi connectivity index (χ1) is 10.4. The maximum atomic E-state index is 3.65. The van der Waals surface area contributed by atoms with Crippen LogP contribution in [0.25, 0.3) is 0 Å². The van der Waals surface area contributed by atoms with Gasteiger partial charge in [0.2, 0.25) is 0 Å². The Bertz CT molecular complexity index is 216. The lowest BCUT2D eigenvalue weighted by molar-refractivity contribution is 0.190. The van der Waals surface area contributed by atoms with Crippen molar-refractivity contribution in [2.75, 3.05) is 26.2 Å². The molecule has 1 rings (SSSR count). The fourth-order valence-electron chi connectivity index (χ4n) is 3.46. The molecule has 1 aliphatic rings. The average Bonchev–Trinajstić information content (AvgIpc) is 2.50. The van der Waals surface area contributed by atoms with Crippen molar-refractivity contribution in [3.8, 4) is 0 Å². The fraction of sp³-hybridized carbons (Fsp3) is 1.00. The molecule has 21 heavy (non-hydrogen) atoms. The summed E-state index contributed by atoms with van der Waals surface area (Å²) in [6.45, 7) is 9.66. The molecule has 0 saturated carbocycles. The van der Waals surface area contributed by atoms with Gasteiger partial charge >= 0.3 is 0 Å². The molecule has 0 aliphatic carbocycles. The van der Waals surface area contributed by atoms with E-state index in [0.29, 0.717) is 0 Å². The zero-order valence-corrected chi connectivity index (χ0v) is 14.8. The Balaban J connectivity index is 1.85. The molecule has 1 unspecified atom stereocenters. The van der Waals surface area contributed by atoms with E-state index in [4.69, 9.17) is 0 Å². The first kappa shape index (κ1) is 19.0. The van der Waals surface area contributed by atoms with Crippen LogP contribution in [0.3, 0.4) is 0 Å². The predicted molar refractivity (Wildman–Crippen MR) is 95.0 cm³/mol. The third-order valence-electron chi connectivity index (χ3n) is 4.80. The zero-order chi connectivity index (χ0) is 15.2. The first-order valence-electron chi connectivity index (χ1n) is 9.82. The minimum absolute atomic E-state index is 0.756. The molecule has 0 aromatic rings. The van der Waals surface area contributed by atoms with E-state index < -0.39 is 0 Å². The Hall–Kier alpha value is -0.0800. The van der Waals surface area contributed by atoms with Gasteiger partial charge in [-0.25, -0.2) is 0 Å². The van der Waals surface area contributed by atoms with Gasteiger partial charge in [-0.2, -0.15) is 0 Å². The largest absolute Gasteiger partial charge is 0.311 e. The standard InChI is InChI=1S/C19H40N2/c1-3-5-6-7-8-9-10-11-12-13-16-21-17-15-20-19(18-21)14-4-2/h19-20H,3-18H2,1-2H3. The highest BCUT2D eigenvalue weighted by atomic mass is 15.2. The van der Waals surface area contributed by atoms with Gasteiger partial charge in [-0.05, 0) is 19.4 Å². The van der Waals surface area contributed by atoms with Gasteiger partial charge in [0.05, 0.1) is 0 Å². The quantitative estimate of drug-likeness (QED) is 0.482. The third kappa shape index (κ3) is 10.3. The van der Waals surface area contributed by atoms with E-state index in [0.717, 1.165) is 6.04 Å². The van der Waals surface area contributed by atoms with Crippen LogP contribution in [0.1, 0.15) is 90.9 Å². The van der Waals surface area contributed by atoms with E-state index in [1.54, 1.807) is 0 Å². The Morgan fingerprint density at radius 3 is 2.05 bits per heavy atom. The lowest BCUT2D eigenvalue weighted by Crippen LogP contribution is -2.50. The van der Waals surface area contributed by atoms with E-state index in [2.05, 4.69) is 24.1 Å². The van der Waals surface area contributed by atoms with Crippen LogP contribution in [0, 0.1) is 0 Å². The Morgan fingerprint density at radius 1 is 0.810 bits per heavy atom. The number of piperazine rings is 1. The minimum Gasteiger partial charge on any atom is -0.311 e. The van der Waals surface area contributed by atoms with Crippen molar-refractivity contribution in [2.24, 2.45) is 0 Å². The highest BCUT2D eigenvalue weighted by molar-refractivity contribution is 4.77. The number of nitrogens with zero attached hydrogens (tertiary/aromatic N) is 1. The zero-order valence-electron chi connectivity index (χ0n) is 14.8. The van der Waals surface area contributed by atoms with Crippen LogP contribution >= 0.6 is 0 Å². The topological polar surface area (TPSA) is 15.3 Å². The van der Waals surface area contributed by atoms with E-state index in [9.17, 15) is 0 Å². The summed E-state index contributed by atoms with van der Waals surface area (Å²) in [5, 5.41) is 3.65. The van der Waals surface area contributed by atoms with Crippen molar-refractivity contribution in [1.29, 1.82) is 0 Å². The molecule has 1 atom stereocenters. The highest BCUT2D eigenvalue weighted by Gasteiger charge is 2.17.